The van der Waals surface area contributed by atoms with Gasteiger partial charge in [-0.15, -0.1) is 0 Å². The van der Waals surface area contributed by atoms with E-state index < -0.39 is 0 Å². The normalized spacial score (nSPS) is 10.2. The maximum absolute atomic E-state index is 11.1. The third-order valence-corrected chi connectivity index (χ3v) is 2.71. The van der Waals surface area contributed by atoms with E-state index in [1.54, 1.807) is 32.2 Å². The van der Waals surface area contributed by atoms with Gasteiger partial charge in [0, 0.05) is 25.7 Å². The lowest BCUT2D eigenvalue weighted by Crippen LogP contribution is -2.02. The van der Waals surface area contributed by atoms with E-state index in [1.807, 2.05) is 0 Å². The van der Waals surface area contributed by atoms with Crippen LogP contribution in [0.15, 0.2) is 22.7 Å². The number of ether oxygens (including phenoxy) is 2. The number of ketones is 1. The summed E-state index contributed by atoms with van der Waals surface area (Å²) < 4.78 is 11.3. The number of halogens is 1. The van der Waals surface area contributed by atoms with Crippen LogP contribution in [0.3, 0.4) is 0 Å². The van der Waals surface area contributed by atoms with Crippen LogP contribution >= 0.6 is 15.9 Å². The van der Waals surface area contributed by atoms with Crippen molar-refractivity contribution in [2.45, 2.75) is 13.3 Å². The molecule has 0 N–H and O–H groups in total. The molecule has 16 heavy (non-hydrogen) atoms. The molecular weight excluding hydrogens is 272 g/mol. The zero-order valence-electron chi connectivity index (χ0n) is 9.46. The van der Waals surface area contributed by atoms with Crippen LogP contribution in [0.25, 0.3) is 0 Å². The van der Waals surface area contributed by atoms with Crippen molar-refractivity contribution in [3.05, 3.63) is 28.2 Å². The van der Waals surface area contributed by atoms with Gasteiger partial charge in [0.1, 0.15) is 5.75 Å². The van der Waals surface area contributed by atoms with E-state index in [2.05, 4.69) is 15.9 Å². The number of carbonyl (C=O) groups is 1. The van der Waals surface area contributed by atoms with Gasteiger partial charge in [0.05, 0.1) is 11.1 Å². The summed E-state index contributed by atoms with van der Waals surface area (Å²) in [6.45, 7) is 2.83. The molecular formula is C12H15BrO3. The van der Waals surface area contributed by atoms with Crippen molar-refractivity contribution in [1.82, 2.24) is 0 Å². The fourth-order valence-corrected chi connectivity index (χ4v) is 1.72. The van der Waals surface area contributed by atoms with E-state index in [1.165, 1.54) is 0 Å². The molecule has 3 nitrogen and oxygen atoms in total. The predicted octanol–water partition coefficient (Wildman–Crippen LogP) is 3.07. The summed E-state index contributed by atoms with van der Waals surface area (Å²) >= 11 is 3.38. The highest BCUT2D eigenvalue weighted by Gasteiger charge is 2.05. The third kappa shape index (κ3) is 3.94. The summed E-state index contributed by atoms with van der Waals surface area (Å²) in [5.41, 5.74) is 0.677. The highest BCUT2D eigenvalue weighted by atomic mass is 79.9. The predicted molar refractivity (Wildman–Crippen MR) is 66.1 cm³/mol. The largest absolute Gasteiger partial charge is 0.492 e. The van der Waals surface area contributed by atoms with E-state index in [9.17, 15) is 4.79 Å². The van der Waals surface area contributed by atoms with E-state index in [0.29, 0.717) is 18.8 Å². The van der Waals surface area contributed by atoms with Crippen LogP contribution in [0.5, 0.6) is 5.75 Å². The quantitative estimate of drug-likeness (QED) is 0.596. The first-order valence-corrected chi connectivity index (χ1v) is 5.86. The number of hydrogen-bond acceptors (Lipinski definition) is 3. The van der Waals surface area contributed by atoms with Crippen LogP contribution in [-0.2, 0) is 4.74 Å². The molecule has 0 bridgehead atoms. The topological polar surface area (TPSA) is 35.5 Å². The fourth-order valence-electron chi connectivity index (χ4n) is 1.22. The Balaban J connectivity index is 2.57. The first kappa shape index (κ1) is 13.2. The standard InChI is InChI=1S/C12H15BrO3/c1-9(14)10-4-5-12(11(13)8-10)16-7-3-6-15-2/h4-5,8H,3,6-7H2,1-2H3. The Bertz CT molecular complexity index is 363. The third-order valence-electron chi connectivity index (χ3n) is 2.09. The monoisotopic (exact) mass is 286 g/mol. The molecule has 1 aromatic rings. The Hall–Kier alpha value is -0.870. The van der Waals surface area contributed by atoms with Crippen molar-refractivity contribution in [3.63, 3.8) is 0 Å². The molecule has 88 valence electrons. The van der Waals surface area contributed by atoms with Crippen molar-refractivity contribution < 1.29 is 14.3 Å². The van der Waals surface area contributed by atoms with Gasteiger partial charge >= 0.3 is 0 Å². The van der Waals surface area contributed by atoms with Gasteiger partial charge in [0.15, 0.2) is 5.78 Å². The van der Waals surface area contributed by atoms with Crippen LogP contribution in [0, 0.1) is 0 Å². The van der Waals surface area contributed by atoms with Gasteiger partial charge in [0.25, 0.3) is 0 Å². The molecule has 0 spiro atoms. The van der Waals surface area contributed by atoms with Crippen LogP contribution in [0.1, 0.15) is 23.7 Å². The lowest BCUT2D eigenvalue weighted by Gasteiger charge is -2.08. The second-order valence-electron chi connectivity index (χ2n) is 3.40. The Morgan fingerprint density at radius 3 is 2.69 bits per heavy atom. The van der Waals surface area contributed by atoms with Crippen LogP contribution in [-0.4, -0.2) is 26.1 Å². The molecule has 0 unspecified atom stereocenters. The van der Waals surface area contributed by atoms with E-state index in [4.69, 9.17) is 9.47 Å². The zero-order chi connectivity index (χ0) is 12.0. The molecule has 1 aromatic carbocycles. The number of carbonyl (C=O) groups excluding carboxylic acids is 1. The molecule has 0 aliphatic rings. The molecule has 4 heteroatoms. The molecule has 0 saturated carbocycles. The number of rotatable bonds is 6. The van der Waals surface area contributed by atoms with Crippen LogP contribution in [0.2, 0.25) is 0 Å². The smallest absolute Gasteiger partial charge is 0.159 e. The van der Waals surface area contributed by atoms with Gasteiger partial charge in [-0.05, 0) is 41.1 Å². The summed E-state index contributed by atoms with van der Waals surface area (Å²) in [6, 6.07) is 5.33. The average Bonchev–Trinajstić information content (AvgIpc) is 2.26. The summed E-state index contributed by atoms with van der Waals surface area (Å²) in [5.74, 6) is 0.799. The first-order chi connectivity index (χ1) is 7.65. The van der Waals surface area contributed by atoms with E-state index in [0.717, 1.165) is 16.6 Å². The Morgan fingerprint density at radius 1 is 1.38 bits per heavy atom. The summed E-state index contributed by atoms with van der Waals surface area (Å²) in [7, 11) is 1.66. The SMILES string of the molecule is COCCCOc1ccc(C(C)=O)cc1Br. The van der Waals surface area contributed by atoms with Crippen LogP contribution < -0.4 is 4.74 Å². The number of Topliss-reactive ketones (excluding diaryl/α,β-unsaturated/α-hetero) is 1. The minimum atomic E-state index is 0.0478. The molecule has 0 fully saturated rings. The van der Waals surface area contributed by atoms with Gasteiger partial charge in [-0.2, -0.15) is 0 Å². The maximum Gasteiger partial charge on any atom is 0.159 e. The van der Waals surface area contributed by atoms with Gasteiger partial charge in [0.2, 0.25) is 0 Å². The zero-order valence-corrected chi connectivity index (χ0v) is 11.0. The van der Waals surface area contributed by atoms with Crippen molar-refractivity contribution in [2.24, 2.45) is 0 Å². The number of hydrogen-bond donors (Lipinski definition) is 0. The lowest BCUT2D eigenvalue weighted by atomic mass is 10.1. The van der Waals surface area contributed by atoms with Crippen LogP contribution in [0.4, 0.5) is 0 Å². The highest BCUT2D eigenvalue weighted by molar-refractivity contribution is 9.10. The van der Waals surface area contributed by atoms with Crippen molar-refractivity contribution in [2.75, 3.05) is 20.3 Å². The van der Waals surface area contributed by atoms with Gasteiger partial charge in [-0.3, -0.25) is 4.79 Å². The molecule has 1 rings (SSSR count). The molecule has 0 amide bonds. The Labute approximate surface area is 104 Å². The summed E-state index contributed by atoms with van der Waals surface area (Å²) in [5, 5.41) is 0. The minimum Gasteiger partial charge on any atom is -0.492 e. The first-order valence-electron chi connectivity index (χ1n) is 5.07. The van der Waals surface area contributed by atoms with Crippen molar-refractivity contribution in [1.29, 1.82) is 0 Å². The summed E-state index contributed by atoms with van der Waals surface area (Å²) in [6.07, 6.45) is 0.845. The molecule has 0 aromatic heterocycles. The number of methoxy groups -OCH3 is 1. The summed E-state index contributed by atoms with van der Waals surface area (Å²) in [4.78, 5) is 11.1. The molecule has 0 aliphatic heterocycles. The molecule has 0 saturated heterocycles. The average molecular weight is 287 g/mol. The maximum atomic E-state index is 11.1. The van der Waals surface area contributed by atoms with Gasteiger partial charge in [-0.1, -0.05) is 0 Å². The molecule has 0 aliphatic carbocycles. The van der Waals surface area contributed by atoms with Crippen molar-refractivity contribution >= 4 is 21.7 Å². The highest BCUT2D eigenvalue weighted by Crippen LogP contribution is 2.26. The molecule has 0 radical (unpaired) electrons. The molecule has 0 atom stereocenters. The van der Waals surface area contributed by atoms with Gasteiger partial charge in [-0.25, -0.2) is 0 Å². The Morgan fingerprint density at radius 2 is 2.12 bits per heavy atom. The lowest BCUT2D eigenvalue weighted by molar-refractivity contribution is 0.101. The second-order valence-corrected chi connectivity index (χ2v) is 4.25. The molecule has 0 heterocycles. The second kappa shape index (κ2) is 6.66. The minimum absolute atomic E-state index is 0.0478. The Kier molecular flexibility index (Phi) is 5.49. The van der Waals surface area contributed by atoms with Crippen molar-refractivity contribution in [3.8, 4) is 5.75 Å². The number of benzene rings is 1. The van der Waals surface area contributed by atoms with E-state index in [-0.39, 0.29) is 5.78 Å². The van der Waals surface area contributed by atoms with Gasteiger partial charge < -0.3 is 9.47 Å². The fraction of sp³-hybridized carbons (Fsp3) is 0.417. The van der Waals surface area contributed by atoms with E-state index >= 15 is 0 Å².